The van der Waals surface area contributed by atoms with Gasteiger partial charge >= 0.3 is 5.97 Å². The first-order valence-electron chi connectivity index (χ1n) is 4.68. The van der Waals surface area contributed by atoms with Crippen molar-refractivity contribution in [1.82, 2.24) is 0 Å². The summed E-state index contributed by atoms with van der Waals surface area (Å²) in [6.07, 6.45) is 2.08. The van der Waals surface area contributed by atoms with Crippen LogP contribution in [0.25, 0.3) is 0 Å². The van der Waals surface area contributed by atoms with Crippen molar-refractivity contribution in [3.63, 3.8) is 0 Å². The molecule has 1 N–H and O–H groups in total. The predicted octanol–water partition coefficient (Wildman–Crippen LogP) is 0.563. The summed E-state index contributed by atoms with van der Waals surface area (Å²) in [5.74, 6) is -0.593. The Kier molecular flexibility index (Phi) is 4.27. The van der Waals surface area contributed by atoms with E-state index in [1.807, 2.05) is 0 Å². The molecule has 8 heteroatoms. The first-order chi connectivity index (χ1) is 8.38. The molecule has 0 saturated heterocycles. The highest BCUT2D eigenvalue weighted by molar-refractivity contribution is 7.95. The van der Waals surface area contributed by atoms with Gasteiger partial charge in [-0.25, -0.2) is 13.2 Å². The number of methoxy groups -OCH3 is 1. The molecule has 0 radical (unpaired) electrons. The fourth-order valence-corrected chi connectivity index (χ4v) is 1.44. The Morgan fingerprint density at radius 3 is 2.61 bits per heavy atom. The third kappa shape index (κ3) is 3.45. The van der Waals surface area contributed by atoms with E-state index in [0.717, 1.165) is 12.5 Å². The van der Waals surface area contributed by atoms with Gasteiger partial charge in [-0.15, -0.1) is 0 Å². The van der Waals surface area contributed by atoms with Gasteiger partial charge in [-0.1, -0.05) is 0 Å². The molecular formula is C10H11NO6S. The molecule has 0 amide bonds. The van der Waals surface area contributed by atoms with E-state index in [1.165, 1.54) is 19.2 Å². The van der Waals surface area contributed by atoms with Crippen molar-refractivity contribution in [2.24, 2.45) is 0 Å². The Bertz CT molecular complexity index is 583. The number of esters is 1. The van der Waals surface area contributed by atoms with Gasteiger partial charge in [0.05, 0.1) is 7.11 Å². The van der Waals surface area contributed by atoms with Gasteiger partial charge in [0.15, 0.2) is 22.0 Å². The van der Waals surface area contributed by atoms with Crippen LogP contribution in [0.3, 0.4) is 0 Å². The lowest BCUT2D eigenvalue weighted by Crippen LogP contribution is -2.04. The molecule has 1 aromatic rings. The molecule has 0 aliphatic heterocycles. The average Bonchev–Trinajstić information content (AvgIpc) is 2.75. The number of rotatable bonds is 5. The van der Waals surface area contributed by atoms with Crippen LogP contribution in [-0.4, -0.2) is 34.0 Å². The van der Waals surface area contributed by atoms with E-state index in [1.54, 1.807) is 0 Å². The van der Waals surface area contributed by atoms with E-state index in [0.29, 0.717) is 0 Å². The molecule has 0 spiro atoms. The van der Waals surface area contributed by atoms with E-state index in [9.17, 15) is 18.0 Å². The number of hydrogen-bond donors (Lipinski definition) is 1. The molecule has 0 saturated carbocycles. The standard InChI is InChI=1S/C10H11NO6S/c1-16-10(13)8-3-4-9(17-8)11-5-7(6-12)18(2,14)15/h3-6,11H,1-2H3/b7-5-. The van der Waals surface area contributed by atoms with E-state index in [2.05, 4.69) is 10.1 Å². The molecule has 0 fully saturated rings. The van der Waals surface area contributed by atoms with Crippen molar-refractivity contribution in [2.75, 3.05) is 18.7 Å². The maximum atomic E-state index is 11.1. The minimum atomic E-state index is -3.60. The summed E-state index contributed by atoms with van der Waals surface area (Å²) in [4.78, 5) is 21.2. The highest BCUT2D eigenvalue weighted by atomic mass is 32.2. The SMILES string of the molecule is COC(=O)c1ccc(N/C=C(/C=O)S(C)(=O)=O)o1. The van der Waals surface area contributed by atoms with Gasteiger partial charge in [0, 0.05) is 18.5 Å². The van der Waals surface area contributed by atoms with Crippen molar-refractivity contribution in [2.45, 2.75) is 0 Å². The fraction of sp³-hybridized carbons (Fsp3) is 0.200. The molecule has 1 heterocycles. The van der Waals surface area contributed by atoms with E-state index in [4.69, 9.17) is 4.42 Å². The third-order valence-corrected chi connectivity index (χ3v) is 2.96. The molecule has 0 aliphatic rings. The van der Waals surface area contributed by atoms with Crippen LogP contribution < -0.4 is 5.32 Å². The zero-order valence-electron chi connectivity index (χ0n) is 9.67. The molecule has 0 atom stereocenters. The zero-order chi connectivity index (χ0) is 13.8. The van der Waals surface area contributed by atoms with Crippen LogP contribution in [0.4, 0.5) is 5.88 Å². The maximum absolute atomic E-state index is 11.1. The number of furan rings is 1. The molecule has 0 bridgehead atoms. The van der Waals surface area contributed by atoms with Crippen molar-refractivity contribution in [1.29, 1.82) is 0 Å². The number of carbonyl (C=O) groups excluding carboxylic acids is 2. The van der Waals surface area contributed by atoms with Gasteiger partial charge < -0.3 is 14.5 Å². The van der Waals surface area contributed by atoms with Crippen LogP contribution in [-0.2, 0) is 19.4 Å². The topological polar surface area (TPSA) is 103 Å². The molecule has 98 valence electrons. The Labute approximate surface area is 103 Å². The van der Waals surface area contributed by atoms with Gasteiger partial charge in [0.1, 0.15) is 4.91 Å². The molecule has 0 unspecified atom stereocenters. The fourth-order valence-electron chi connectivity index (χ4n) is 0.996. The van der Waals surface area contributed by atoms with Crippen molar-refractivity contribution < 1.29 is 27.2 Å². The Morgan fingerprint density at radius 1 is 1.44 bits per heavy atom. The average molecular weight is 273 g/mol. The number of aldehydes is 1. The van der Waals surface area contributed by atoms with E-state index in [-0.39, 0.29) is 17.9 Å². The Hall–Kier alpha value is -2.09. The van der Waals surface area contributed by atoms with Gasteiger partial charge in [0.2, 0.25) is 5.76 Å². The summed E-state index contributed by atoms with van der Waals surface area (Å²) in [7, 11) is -2.40. The second kappa shape index (κ2) is 5.50. The lowest BCUT2D eigenvalue weighted by molar-refractivity contribution is -0.104. The van der Waals surface area contributed by atoms with Gasteiger partial charge in [-0.3, -0.25) is 4.79 Å². The lowest BCUT2D eigenvalue weighted by atomic mass is 10.4. The van der Waals surface area contributed by atoms with Crippen LogP contribution in [0, 0.1) is 0 Å². The summed E-state index contributed by atoms with van der Waals surface area (Å²) in [5.41, 5.74) is 0. The monoisotopic (exact) mass is 273 g/mol. The molecule has 1 aromatic heterocycles. The minimum Gasteiger partial charge on any atom is -0.463 e. The number of anilines is 1. The van der Waals surface area contributed by atoms with Crippen molar-refractivity contribution >= 4 is 28.0 Å². The highest BCUT2D eigenvalue weighted by Gasteiger charge is 2.12. The minimum absolute atomic E-state index is 0.0413. The summed E-state index contributed by atoms with van der Waals surface area (Å²) < 4.78 is 31.6. The van der Waals surface area contributed by atoms with Gasteiger partial charge in [-0.2, -0.15) is 0 Å². The van der Waals surface area contributed by atoms with Crippen LogP contribution in [0.1, 0.15) is 10.6 Å². The normalized spacial score (nSPS) is 12.0. The smallest absolute Gasteiger partial charge is 0.374 e. The number of sulfone groups is 1. The second-order valence-electron chi connectivity index (χ2n) is 3.24. The van der Waals surface area contributed by atoms with Gasteiger partial charge in [0.25, 0.3) is 0 Å². The highest BCUT2D eigenvalue weighted by Crippen LogP contribution is 2.14. The second-order valence-corrected chi connectivity index (χ2v) is 5.25. The number of allylic oxidation sites excluding steroid dienone is 1. The van der Waals surface area contributed by atoms with E-state index < -0.39 is 20.7 Å². The molecular weight excluding hydrogens is 262 g/mol. The van der Waals surface area contributed by atoms with Crippen LogP contribution in [0.15, 0.2) is 27.7 Å². The maximum Gasteiger partial charge on any atom is 0.374 e. The molecule has 0 aromatic carbocycles. The summed E-state index contributed by atoms with van der Waals surface area (Å²) >= 11 is 0. The summed E-state index contributed by atoms with van der Waals surface area (Å²) in [5, 5.41) is 2.45. The van der Waals surface area contributed by atoms with Gasteiger partial charge in [-0.05, 0) is 6.07 Å². The Morgan fingerprint density at radius 2 is 2.11 bits per heavy atom. The van der Waals surface area contributed by atoms with E-state index >= 15 is 0 Å². The van der Waals surface area contributed by atoms with Crippen LogP contribution in [0.2, 0.25) is 0 Å². The number of carbonyl (C=O) groups is 2. The summed E-state index contributed by atoms with van der Waals surface area (Å²) in [6.45, 7) is 0. The first-order valence-corrected chi connectivity index (χ1v) is 6.57. The van der Waals surface area contributed by atoms with Crippen LogP contribution in [0.5, 0.6) is 0 Å². The summed E-state index contributed by atoms with van der Waals surface area (Å²) in [6, 6.07) is 2.75. The number of ether oxygens (including phenoxy) is 1. The molecule has 18 heavy (non-hydrogen) atoms. The molecule has 7 nitrogen and oxygen atoms in total. The third-order valence-electron chi connectivity index (χ3n) is 1.89. The molecule has 1 rings (SSSR count). The van der Waals surface area contributed by atoms with Crippen molar-refractivity contribution in [3.8, 4) is 0 Å². The lowest BCUT2D eigenvalue weighted by Gasteiger charge is -1.98. The largest absolute Gasteiger partial charge is 0.463 e. The number of nitrogens with one attached hydrogen (secondary N) is 1. The van der Waals surface area contributed by atoms with Crippen molar-refractivity contribution in [3.05, 3.63) is 29.0 Å². The number of hydrogen-bond acceptors (Lipinski definition) is 7. The predicted molar refractivity (Wildman–Crippen MR) is 62.7 cm³/mol. The zero-order valence-corrected chi connectivity index (χ0v) is 10.5. The molecule has 0 aliphatic carbocycles. The van der Waals surface area contributed by atoms with Crippen LogP contribution >= 0.6 is 0 Å². The first kappa shape index (κ1) is 14.0. The quantitative estimate of drug-likeness (QED) is 0.475. The Balaban J connectivity index is 2.86.